The highest BCUT2D eigenvalue weighted by atomic mass is 16.5. The van der Waals surface area contributed by atoms with Crippen molar-refractivity contribution in [1.82, 2.24) is 5.32 Å². The van der Waals surface area contributed by atoms with Crippen molar-refractivity contribution in [2.75, 3.05) is 13.2 Å². The van der Waals surface area contributed by atoms with Crippen molar-refractivity contribution in [2.45, 2.75) is 39.2 Å². The van der Waals surface area contributed by atoms with Gasteiger partial charge in [0.25, 0.3) is 0 Å². The van der Waals surface area contributed by atoms with Crippen LogP contribution in [0.3, 0.4) is 0 Å². The highest BCUT2D eigenvalue weighted by Gasteiger charge is 2.14. The van der Waals surface area contributed by atoms with Crippen LogP contribution in [0, 0.1) is 0 Å². The molecule has 2 aromatic carbocycles. The van der Waals surface area contributed by atoms with Gasteiger partial charge in [0.2, 0.25) is 5.91 Å². The minimum absolute atomic E-state index is 0.0427. The Bertz CT molecular complexity index is 724. The standard InChI is InChI=1S/C21H25NO3/c1-3-24-19-7-4-16(5-8-19)14-21(23)22-15(2)12-17-6-9-20-18(13-17)10-11-25-20/h4-9,13,15H,3,10-12,14H2,1-2H3,(H,22,23). The lowest BCUT2D eigenvalue weighted by molar-refractivity contribution is -0.121. The lowest BCUT2D eigenvalue weighted by Crippen LogP contribution is -2.35. The molecule has 0 fully saturated rings. The summed E-state index contributed by atoms with van der Waals surface area (Å²) in [4.78, 5) is 12.2. The molecular formula is C21H25NO3. The van der Waals surface area contributed by atoms with Crippen LogP contribution in [0.2, 0.25) is 0 Å². The normalized spacial score (nSPS) is 13.7. The number of hydrogen-bond donors (Lipinski definition) is 1. The van der Waals surface area contributed by atoms with Crippen molar-refractivity contribution in [2.24, 2.45) is 0 Å². The lowest BCUT2D eigenvalue weighted by Gasteiger charge is -2.15. The minimum atomic E-state index is 0.0427. The first kappa shape index (κ1) is 17.3. The minimum Gasteiger partial charge on any atom is -0.494 e. The molecule has 0 saturated carbocycles. The van der Waals surface area contributed by atoms with Crippen molar-refractivity contribution in [3.8, 4) is 11.5 Å². The Kier molecular flexibility index (Phi) is 5.59. The maximum absolute atomic E-state index is 12.2. The molecule has 1 aliphatic heterocycles. The van der Waals surface area contributed by atoms with Crippen LogP contribution < -0.4 is 14.8 Å². The van der Waals surface area contributed by atoms with E-state index in [1.165, 1.54) is 11.1 Å². The van der Waals surface area contributed by atoms with Crippen LogP contribution in [0.25, 0.3) is 0 Å². The highest BCUT2D eigenvalue weighted by Crippen LogP contribution is 2.26. The Morgan fingerprint density at radius 1 is 1.20 bits per heavy atom. The van der Waals surface area contributed by atoms with Crippen LogP contribution in [0.5, 0.6) is 11.5 Å². The van der Waals surface area contributed by atoms with Crippen molar-refractivity contribution in [1.29, 1.82) is 0 Å². The third-order valence-corrected chi connectivity index (χ3v) is 4.30. The summed E-state index contributed by atoms with van der Waals surface area (Å²) in [6.45, 7) is 5.41. The molecule has 132 valence electrons. The summed E-state index contributed by atoms with van der Waals surface area (Å²) >= 11 is 0. The molecule has 1 aliphatic rings. The molecule has 1 heterocycles. The van der Waals surface area contributed by atoms with Gasteiger partial charge in [-0.25, -0.2) is 0 Å². The van der Waals surface area contributed by atoms with Gasteiger partial charge >= 0.3 is 0 Å². The van der Waals surface area contributed by atoms with E-state index in [-0.39, 0.29) is 11.9 Å². The molecule has 2 aromatic rings. The van der Waals surface area contributed by atoms with Crippen LogP contribution in [0.4, 0.5) is 0 Å². The fourth-order valence-corrected chi connectivity index (χ4v) is 3.15. The van der Waals surface area contributed by atoms with Gasteiger partial charge in [-0.3, -0.25) is 4.79 Å². The molecule has 0 aromatic heterocycles. The summed E-state index contributed by atoms with van der Waals surface area (Å²) in [6, 6.07) is 14.1. The number of hydrogen-bond acceptors (Lipinski definition) is 3. The second-order valence-electron chi connectivity index (χ2n) is 6.47. The number of carbonyl (C=O) groups excluding carboxylic acids is 1. The summed E-state index contributed by atoms with van der Waals surface area (Å²) in [5.41, 5.74) is 3.49. The van der Waals surface area contributed by atoms with Crippen molar-refractivity contribution < 1.29 is 14.3 Å². The molecule has 4 heteroatoms. The smallest absolute Gasteiger partial charge is 0.224 e. The Balaban J connectivity index is 1.50. The summed E-state index contributed by atoms with van der Waals surface area (Å²) in [5.74, 6) is 1.87. The Hall–Kier alpha value is -2.49. The van der Waals surface area contributed by atoms with E-state index in [1.807, 2.05) is 44.2 Å². The zero-order chi connectivity index (χ0) is 17.6. The van der Waals surface area contributed by atoms with Gasteiger partial charge in [0.15, 0.2) is 0 Å². The quantitative estimate of drug-likeness (QED) is 0.842. The maximum atomic E-state index is 12.2. The number of carbonyl (C=O) groups is 1. The van der Waals surface area contributed by atoms with Gasteiger partial charge in [-0.2, -0.15) is 0 Å². The topological polar surface area (TPSA) is 47.6 Å². The van der Waals surface area contributed by atoms with Gasteiger partial charge in [0.05, 0.1) is 19.6 Å². The van der Waals surface area contributed by atoms with E-state index in [2.05, 4.69) is 17.4 Å². The molecule has 3 rings (SSSR count). The molecule has 4 nitrogen and oxygen atoms in total. The first-order chi connectivity index (χ1) is 12.1. The van der Waals surface area contributed by atoms with E-state index in [1.54, 1.807) is 0 Å². The number of fused-ring (bicyclic) bond motifs is 1. The first-order valence-electron chi connectivity index (χ1n) is 8.89. The van der Waals surface area contributed by atoms with Gasteiger partial charge in [0.1, 0.15) is 11.5 Å². The molecule has 25 heavy (non-hydrogen) atoms. The second-order valence-corrected chi connectivity index (χ2v) is 6.47. The summed E-state index contributed by atoms with van der Waals surface area (Å²) in [5, 5.41) is 3.08. The second kappa shape index (κ2) is 8.06. The summed E-state index contributed by atoms with van der Waals surface area (Å²) in [7, 11) is 0. The van der Waals surface area contributed by atoms with Crippen LogP contribution in [0.15, 0.2) is 42.5 Å². The van der Waals surface area contributed by atoms with Gasteiger partial charge in [0, 0.05) is 12.5 Å². The molecule has 1 amide bonds. The van der Waals surface area contributed by atoms with E-state index in [4.69, 9.17) is 9.47 Å². The summed E-state index contributed by atoms with van der Waals surface area (Å²) in [6.07, 6.45) is 2.18. The number of amides is 1. The molecule has 1 unspecified atom stereocenters. The van der Waals surface area contributed by atoms with Gasteiger partial charge in [-0.05, 0) is 55.2 Å². The third-order valence-electron chi connectivity index (χ3n) is 4.30. The SMILES string of the molecule is CCOc1ccc(CC(=O)NC(C)Cc2ccc3c(c2)CCO3)cc1. The number of nitrogens with one attached hydrogen (secondary N) is 1. The lowest BCUT2D eigenvalue weighted by atomic mass is 10.0. The van der Waals surface area contributed by atoms with Crippen LogP contribution in [-0.4, -0.2) is 25.2 Å². The zero-order valence-electron chi connectivity index (χ0n) is 14.9. The predicted octanol–water partition coefficient (Wildman–Crippen LogP) is 3.31. The van der Waals surface area contributed by atoms with Gasteiger partial charge in [-0.15, -0.1) is 0 Å². The largest absolute Gasteiger partial charge is 0.494 e. The Morgan fingerprint density at radius 3 is 2.72 bits per heavy atom. The maximum Gasteiger partial charge on any atom is 0.224 e. The van der Waals surface area contributed by atoms with Crippen LogP contribution in [-0.2, 0) is 24.1 Å². The number of rotatable bonds is 7. The first-order valence-corrected chi connectivity index (χ1v) is 8.89. The van der Waals surface area contributed by atoms with Gasteiger partial charge < -0.3 is 14.8 Å². The molecular weight excluding hydrogens is 314 g/mol. The molecule has 0 saturated heterocycles. The fourth-order valence-electron chi connectivity index (χ4n) is 3.15. The molecule has 1 atom stereocenters. The molecule has 0 bridgehead atoms. The molecule has 0 aliphatic carbocycles. The van der Waals surface area contributed by atoms with Crippen LogP contribution >= 0.6 is 0 Å². The van der Waals surface area contributed by atoms with Crippen molar-refractivity contribution in [3.05, 3.63) is 59.2 Å². The number of ether oxygens (including phenoxy) is 2. The highest BCUT2D eigenvalue weighted by molar-refractivity contribution is 5.78. The van der Waals surface area contributed by atoms with E-state index >= 15 is 0 Å². The zero-order valence-corrected chi connectivity index (χ0v) is 14.9. The predicted molar refractivity (Wildman–Crippen MR) is 98.3 cm³/mol. The van der Waals surface area contributed by atoms with E-state index in [0.717, 1.165) is 36.5 Å². The Morgan fingerprint density at radius 2 is 1.96 bits per heavy atom. The van der Waals surface area contributed by atoms with Crippen molar-refractivity contribution in [3.63, 3.8) is 0 Å². The van der Waals surface area contributed by atoms with Crippen molar-refractivity contribution >= 4 is 5.91 Å². The summed E-state index contributed by atoms with van der Waals surface area (Å²) < 4.78 is 11.0. The molecule has 1 N–H and O–H groups in total. The average Bonchev–Trinajstić information content (AvgIpc) is 3.04. The van der Waals surface area contributed by atoms with Gasteiger partial charge in [-0.1, -0.05) is 24.3 Å². The molecule has 0 radical (unpaired) electrons. The third kappa shape index (κ3) is 4.75. The Labute approximate surface area is 149 Å². The van der Waals surface area contributed by atoms with E-state index in [9.17, 15) is 4.79 Å². The fraction of sp³-hybridized carbons (Fsp3) is 0.381. The van der Waals surface area contributed by atoms with E-state index < -0.39 is 0 Å². The average molecular weight is 339 g/mol. The monoisotopic (exact) mass is 339 g/mol. The van der Waals surface area contributed by atoms with E-state index in [0.29, 0.717) is 13.0 Å². The van der Waals surface area contributed by atoms with Crippen LogP contribution in [0.1, 0.15) is 30.5 Å². The molecule has 0 spiro atoms. The number of benzene rings is 2.